The van der Waals surface area contributed by atoms with Gasteiger partial charge < -0.3 is 10.6 Å². The van der Waals surface area contributed by atoms with Crippen molar-refractivity contribution in [1.82, 2.24) is 4.90 Å². The molecule has 0 saturated heterocycles. The molecule has 0 rings (SSSR count). The van der Waals surface area contributed by atoms with Gasteiger partial charge in [-0.3, -0.25) is 0 Å². The molecule has 0 aliphatic rings. The van der Waals surface area contributed by atoms with Crippen LogP contribution < -0.4 is 5.73 Å². The minimum Gasteiger partial charge on any atom is -0.330 e. The lowest BCUT2D eigenvalue weighted by molar-refractivity contribution is 0.316. The summed E-state index contributed by atoms with van der Waals surface area (Å²) in [7, 11) is 2.19. The maximum Gasteiger partial charge on any atom is -0.00218 e. The fourth-order valence-electron chi connectivity index (χ4n) is 1.88. The molecule has 14 heavy (non-hydrogen) atoms. The quantitative estimate of drug-likeness (QED) is 0.619. The summed E-state index contributed by atoms with van der Waals surface area (Å²) in [6, 6.07) is 0. The molecule has 0 aromatic carbocycles. The van der Waals surface area contributed by atoms with Gasteiger partial charge in [0.05, 0.1) is 0 Å². The van der Waals surface area contributed by atoms with Gasteiger partial charge in [-0.25, -0.2) is 0 Å². The molecule has 0 amide bonds. The van der Waals surface area contributed by atoms with Gasteiger partial charge in [0.2, 0.25) is 0 Å². The molecular formula is C12H28N2. The SMILES string of the molecule is CCCC(CCN)CCCN(C)CC. The molecule has 2 N–H and O–H groups in total. The van der Waals surface area contributed by atoms with E-state index in [1.54, 1.807) is 0 Å². The van der Waals surface area contributed by atoms with Crippen molar-refractivity contribution in [3.63, 3.8) is 0 Å². The molecule has 0 saturated carbocycles. The molecule has 2 heteroatoms. The Morgan fingerprint density at radius 3 is 2.36 bits per heavy atom. The molecule has 0 aliphatic carbocycles. The third-order valence-electron chi connectivity index (χ3n) is 2.96. The summed E-state index contributed by atoms with van der Waals surface area (Å²) in [6.45, 7) is 7.73. The number of hydrogen-bond donors (Lipinski definition) is 1. The zero-order valence-corrected chi connectivity index (χ0v) is 10.3. The Balaban J connectivity index is 3.49. The molecule has 86 valence electrons. The van der Waals surface area contributed by atoms with Crippen molar-refractivity contribution >= 4 is 0 Å². The Kier molecular flexibility index (Phi) is 9.42. The topological polar surface area (TPSA) is 29.3 Å². The Bertz CT molecular complexity index is 109. The normalized spacial score (nSPS) is 13.5. The molecule has 0 aliphatic heterocycles. The zero-order valence-electron chi connectivity index (χ0n) is 10.3. The molecular weight excluding hydrogens is 172 g/mol. The molecule has 1 unspecified atom stereocenters. The third kappa shape index (κ3) is 7.34. The average Bonchev–Trinajstić information content (AvgIpc) is 2.18. The van der Waals surface area contributed by atoms with E-state index in [2.05, 4.69) is 25.8 Å². The van der Waals surface area contributed by atoms with Crippen molar-refractivity contribution < 1.29 is 0 Å². The molecule has 2 nitrogen and oxygen atoms in total. The third-order valence-corrected chi connectivity index (χ3v) is 2.96. The average molecular weight is 200 g/mol. The zero-order chi connectivity index (χ0) is 10.8. The summed E-state index contributed by atoms with van der Waals surface area (Å²) >= 11 is 0. The van der Waals surface area contributed by atoms with Crippen LogP contribution in [0, 0.1) is 5.92 Å². The highest BCUT2D eigenvalue weighted by atomic mass is 15.1. The number of rotatable bonds is 9. The molecule has 0 fully saturated rings. The second kappa shape index (κ2) is 9.47. The van der Waals surface area contributed by atoms with Gasteiger partial charge >= 0.3 is 0 Å². The van der Waals surface area contributed by atoms with Gasteiger partial charge in [0.15, 0.2) is 0 Å². The van der Waals surface area contributed by atoms with Gasteiger partial charge in [-0.15, -0.1) is 0 Å². The van der Waals surface area contributed by atoms with Crippen LogP contribution in [0.3, 0.4) is 0 Å². The van der Waals surface area contributed by atoms with E-state index in [-0.39, 0.29) is 0 Å². The van der Waals surface area contributed by atoms with E-state index < -0.39 is 0 Å². The largest absolute Gasteiger partial charge is 0.330 e. The van der Waals surface area contributed by atoms with Crippen molar-refractivity contribution in [2.45, 2.75) is 46.0 Å². The Morgan fingerprint density at radius 2 is 1.86 bits per heavy atom. The van der Waals surface area contributed by atoms with Gasteiger partial charge in [-0.05, 0) is 51.9 Å². The minimum absolute atomic E-state index is 0.855. The van der Waals surface area contributed by atoms with Gasteiger partial charge in [0, 0.05) is 0 Å². The molecule has 0 spiro atoms. The second-order valence-corrected chi connectivity index (χ2v) is 4.27. The van der Waals surface area contributed by atoms with Crippen molar-refractivity contribution in [2.75, 3.05) is 26.7 Å². The van der Waals surface area contributed by atoms with Crippen molar-refractivity contribution in [2.24, 2.45) is 11.7 Å². The Hall–Kier alpha value is -0.0800. The van der Waals surface area contributed by atoms with Crippen LogP contribution in [-0.2, 0) is 0 Å². The summed E-state index contributed by atoms with van der Waals surface area (Å²) in [5.74, 6) is 0.871. The summed E-state index contributed by atoms with van der Waals surface area (Å²) in [5, 5.41) is 0. The van der Waals surface area contributed by atoms with Crippen molar-refractivity contribution in [3.8, 4) is 0 Å². The molecule has 0 radical (unpaired) electrons. The monoisotopic (exact) mass is 200 g/mol. The molecule has 1 atom stereocenters. The maximum absolute atomic E-state index is 5.61. The predicted molar refractivity (Wildman–Crippen MR) is 64.5 cm³/mol. The lowest BCUT2D eigenvalue weighted by Crippen LogP contribution is -2.20. The lowest BCUT2D eigenvalue weighted by atomic mass is 9.94. The first kappa shape index (κ1) is 13.9. The summed E-state index contributed by atoms with van der Waals surface area (Å²) in [5.41, 5.74) is 5.61. The van der Waals surface area contributed by atoms with E-state index in [0.29, 0.717) is 0 Å². The lowest BCUT2D eigenvalue weighted by Gasteiger charge is -2.18. The van der Waals surface area contributed by atoms with Crippen LogP contribution in [-0.4, -0.2) is 31.6 Å². The molecule has 0 heterocycles. The highest BCUT2D eigenvalue weighted by molar-refractivity contribution is 4.61. The van der Waals surface area contributed by atoms with Gasteiger partial charge in [-0.1, -0.05) is 26.7 Å². The van der Waals surface area contributed by atoms with Crippen LogP contribution in [0.25, 0.3) is 0 Å². The molecule has 0 aromatic rings. The number of nitrogens with two attached hydrogens (primary N) is 1. The van der Waals surface area contributed by atoms with E-state index in [4.69, 9.17) is 5.73 Å². The first-order chi connectivity index (χ1) is 6.74. The summed E-state index contributed by atoms with van der Waals surface area (Å²) in [6.07, 6.45) is 6.55. The Morgan fingerprint density at radius 1 is 1.14 bits per heavy atom. The van der Waals surface area contributed by atoms with E-state index >= 15 is 0 Å². The van der Waals surface area contributed by atoms with Crippen LogP contribution in [0.2, 0.25) is 0 Å². The van der Waals surface area contributed by atoms with Crippen LogP contribution in [0.1, 0.15) is 46.0 Å². The standard InChI is InChI=1S/C12H28N2/c1-4-7-12(9-10-13)8-6-11-14(3)5-2/h12H,4-11,13H2,1-3H3. The first-order valence-corrected chi connectivity index (χ1v) is 6.13. The minimum atomic E-state index is 0.855. The van der Waals surface area contributed by atoms with Gasteiger partial charge in [0.1, 0.15) is 0 Å². The van der Waals surface area contributed by atoms with E-state index in [1.165, 1.54) is 38.6 Å². The Labute approximate surface area is 89.9 Å². The van der Waals surface area contributed by atoms with Crippen LogP contribution in [0.4, 0.5) is 0 Å². The van der Waals surface area contributed by atoms with Crippen LogP contribution in [0.15, 0.2) is 0 Å². The van der Waals surface area contributed by atoms with Crippen molar-refractivity contribution in [1.29, 1.82) is 0 Å². The highest BCUT2D eigenvalue weighted by Crippen LogP contribution is 2.16. The molecule has 0 bridgehead atoms. The highest BCUT2D eigenvalue weighted by Gasteiger charge is 2.06. The number of nitrogens with zero attached hydrogens (tertiary/aromatic N) is 1. The maximum atomic E-state index is 5.61. The molecule has 0 aromatic heterocycles. The van der Waals surface area contributed by atoms with E-state index in [9.17, 15) is 0 Å². The van der Waals surface area contributed by atoms with Crippen LogP contribution in [0.5, 0.6) is 0 Å². The fourth-order valence-corrected chi connectivity index (χ4v) is 1.88. The summed E-state index contributed by atoms with van der Waals surface area (Å²) < 4.78 is 0. The van der Waals surface area contributed by atoms with Crippen molar-refractivity contribution in [3.05, 3.63) is 0 Å². The van der Waals surface area contributed by atoms with Gasteiger partial charge in [0.25, 0.3) is 0 Å². The second-order valence-electron chi connectivity index (χ2n) is 4.27. The fraction of sp³-hybridized carbons (Fsp3) is 1.00. The first-order valence-electron chi connectivity index (χ1n) is 6.13. The summed E-state index contributed by atoms with van der Waals surface area (Å²) in [4.78, 5) is 2.38. The smallest absolute Gasteiger partial charge is 0.00218 e. The van der Waals surface area contributed by atoms with Crippen LogP contribution >= 0.6 is 0 Å². The van der Waals surface area contributed by atoms with E-state index in [1.807, 2.05) is 0 Å². The number of hydrogen-bond acceptors (Lipinski definition) is 2. The predicted octanol–water partition coefficient (Wildman–Crippen LogP) is 2.48. The van der Waals surface area contributed by atoms with Gasteiger partial charge in [-0.2, -0.15) is 0 Å². The van der Waals surface area contributed by atoms with E-state index in [0.717, 1.165) is 19.0 Å².